The highest BCUT2D eigenvalue weighted by Gasteiger charge is 2.08. The number of aromatic amines is 1. The van der Waals surface area contributed by atoms with Crippen molar-refractivity contribution in [1.29, 1.82) is 0 Å². The number of nitrogens with one attached hydrogen (secondary N) is 2. The lowest BCUT2D eigenvalue weighted by Crippen LogP contribution is -2.13. The summed E-state index contributed by atoms with van der Waals surface area (Å²) in [7, 11) is 0. The Bertz CT molecular complexity index is 803. The summed E-state index contributed by atoms with van der Waals surface area (Å²) in [5.41, 5.74) is 1.87. The number of anilines is 1. The Hall–Kier alpha value is -2.73. The van der Waals surface area contributed by atoms with Crippen LogP contribution in [0.3, 0.4) is 0 Å². The third-order valence-corrected chi connectivity index (χ3v) is 3.46. The van der Waals surface area contributed by atoms with E-state index in [0.717, 1.165) is 11.1 Å². The maximum Gasteiger partial charge on any atom is 0.228 e. The van der Waals surface area contributed by atoms with Crippen molar-refractivity contribution in [2.24, 2.45) is 0 Å². The number of carbonyl (C=O) groups is 1. The minimum atomic E-state index is -0.137. The van der Waals surface area contributed by atoms with Crippen molar-refractivity contribution < 1.29 is 4.79 Å². The van der Waals surface area contributed by atoms with Crippen molar-refractivity contribution in [1.82, 2.24) is 20.2 Å². The van der Waals surface area contributed by atoms with Crippen LogP contribution in [0.4, 0.5) is 5.95 Å². The number of amides is 1. The van der Waals surface area contributed by atoms with Gasteiger partial charge in [-0.1, -0.05) is 23.7 Å². The first-order valence-corrected chi connectivity index (χ1v) is 7.46. The highest BCUT2D eigenvalue weighted by atomic mass is 35.5. The van der Waals surface area contributed by atoms with Crippen LogP contribution in [0.2, 0.25) is 5.02 Å². The molecular formula is C16H14ClN5O. The SMILES string of the molecule is O=C(CCc1cccc(Cl)c1)Nc1nnc(-c2ccncc2)[nH]1. The van der Waals surface area contributed by atoms with E-state index in [1.165, 1.54) is 0 Å². The molecule has 0 radical (unpaired) electrons. The molecule has 2 N–H and O–H groups in total. The number of hydrogen-bond acceptors (Lipinski definition) is 4. The highest BCUT2D eigenvalue weighted by Crippen LogP contribution is 2.15. The van der Waals surface area contributed by atoms with E-state index in [2.05, 4.69) is 25.5 Å². The molecule has 2 heterocycles. The van der Waals surface area contributed by atoms with E-state index >= 15 is 0 Å². The molecule has 116 valence electrons. The molecule has 6 nitrogen and oxygen atoms in total. The average molecular weight is 328 g/mol. The number of rotatable bonds is 5. The Kier molecular flexibility index (Phi) is 4.63. The summed E-state index contributed by atoms with van der Waals surface area (Å²) in [5, 5.41) is 11.3. The van der Waals surface area contributed by atoms with Crippen LogP contribution in [-0.2, 0) is 11.2 Å². The molecule has 1 aromatic carbocycles. The first-order chi connectivity index (χ1) is 11.2. The summed E-state index contributed by atoms with van der Waals surface area (Å²) < 4.78 is 0. The van der Waals surface area contributed by atoms with Gasteiger partial charge in [0.1, 0.15) is 0 Å². The van der Waals surface area contributed by atoms with E-state index < -0.39 is 0 Å². The molecular weight excluding hydrogens is 314 g/mol. The molecule has 0 aliphatic rings. The zero-order valence-corrected chi connectivity index (χ0v) is 12.9. The summed E-state index contributed by atoms with van der Waals surface area (Å²) in [6.07, 6.45) is 4.28. The number of benzene rings is 1. The summed E-state index contributed by atoms with van der Waals surface area (Å²) in [6, 6.07) is 11.1. The highest BCUT2D eigenvalue weighted by molar-refractivity contribution is 6.30. The van der Waals surface area contributed by atoms with E-state index in [9.17, 15) is 4.79 Å². The minimum Gasteiger partial charge on any atom is -0.307 e. The van der Waals surface area contributed by atoms with Crippen LogP contribution >= 0.6 is 11.6 Å². The van der Waals surface area contributed by atoms with Crippen LogP contribution in [0, 0.1) is 0 Å². The van der Waals surface area contributed by atoms with Crippen LogP contribution in [0.15, 0.2) is 48.8 Å². The fourth-order valence-electron chi connectivity index (χ4n) is 2.10. The number of pyridine rings is 1. The second-order valence-electron chi connectivity index (χ2n) is 4.94. The van der Waals surface area contributed by atoms with Gasteiger partial charge in [0, 0.05) is 29.4 Å². The number of hydrogen-bond donors (Lipinski definition) is 2. The normalized spacial score (nSPS) is 10.5. The van der Waals surface area contributed by atoms with Crippen molar-refractivity contribution in [3.63, 3.8) is 0 Å². The number of carbonyl (C=O) groups excluding carboxylic acids is 1. The van der Waals surface area contributed by atoms with E-state index in [1.54, 1.807) is 18.5 Å². The van der Waals surface area contributed by atoms with Crippen LogP contribution in [0.1, 0.15) is 12.0 Å². The molecule has 3 aromatic rings. The molecule has 0 spiro atoms. The fourth-order valence-corrected chi connectivity index (χ4v) is 2.32. The lowest BCUT2D eigenvalue weighted by molar-refractivity contribution is -0.116. The Morgan fingerprint density at radius 2 is 2.00 bits per heavy atom. The molecule has 0 aliphatic carbocycles. The lowest BCUT2D eigenvalue weighted by atomic mass is 10.1. The molecule has 0 saturated carbocycles. The molecule has 0 bridgehead atoms. The monoisotopic (exact) mass is 327 g/mol. The number of nitrogens with zero attached hydrogens (tertiary/aromatic N) is 3. The van der Waals surface area contributed by atoms with Gasteiger partial charge in [0.2, 0.25) is 11.9 Å². The van der Waals surface area contributed by atoms with Crippen LogP contribution in [0.25, 0.3) is 11.4 Å². The molecule has 7 heteroatoms. The third kappa shape index (κ3) is 4.14. The Morgan fingerprint density at radius 1 is 1.17 bits per heavy atom. The predicted molar refractivity (Wildman–Crippen MR) is 88.0 cm³/mol. The number of aromatic nitrogens is 4. The maximum absolute atomic E-state index is 12.0. The standard InChI is InChI=1S/C16H14ClN5O/c17-13-3-1-2-11(10-13)4-5-14(23)19-16-20-15(21-22-16)12-6-8-18-9-7-12/h1-3,6-10H,4-5H2,(H2,19,20,21,22,23). The third-order valence-electron chi connectivity index (χ3n) is 3.23. The van der Waals surface area contributed by atoms with Crippen molar-refractivity contribution in [2.45, 2.75) is 12.8 Å². The predicted octanol–water partition coefficient (Wildman–Crippen LogP) is 3.09. The van der Waals surface area contributed by atoms with E-state index in [-0.39, 0.29) is 5.91 Å². The second kappa shape index (κ2) is 7.02. The lowest BCUT2D eigenvalue weighted by Gasteiger charge is -2.02. The molecule has 1 amide bonds. The van der Waals surface area contributed by atoms with Gasteiger partial charge in [-0.2, -0.15) is 0 Å². The molecule has 23 heavy (non-hydrogen) atoms. The molecule has 3 rings (SSSR count). The van der Waals surface area contributed by atoms with Gasteiger partial charge < -0.3 is 4.98 Å². The van der Waals surface area contributed by atoms with Crippen LogP contribution < -0.4 is 5.32 Å². The smallest absolute Gasteiger partial charge is 0.228 e. The van der Waals surface area contributed by atoms with E-state index in [0.29, 0.717) is 29.6 Å². The van der Waals surface area contributed by atoms with Gasteiger partial charge in [-0.3, -0.25) is 15.1 Å². The zero-order chi connectivity index (χ0) is 16.1. The summed E-state index contributed by atoms with van der Waals surface area (Å²) in [4.78, 5) is 18.9. The Labute approximate surface area is 137 Å². The molecule has 0 aliphatic heterocycles. The largest absolute Gasteiger partial charge is 0.307 e. The minimum absolute atomic E-state index is 0.137. The van der Waals surface area contributed by atoms with Gasteiger partial charge >= 0.3 is 0 Å². The molecule has 2 aromatic heterocycles. The summed E-state index contributed by atoms with van der Waals surface area (Å²) in [6.45, 7) is 0. The van der Waals surface area contributed by atoms with Gasteiger partial charge in [0.25, 0.3) is 0 Å². The number of H-pyrrole nitrogens is 1. The average Bonchev–Trinajstić information content (AvgIpc) is 3.02. The van der Waals surface area contributed by atoms with Gasteiger partial charge in [-0.25, -0.2) is 0 Å². The molecule has 0 fully saturated rings. The van der Waals surface area contributed by atoms with Crippen molar-refractivity contribution in [2.75, 3.05) is 5.32 Å². The molecule has 0 unspecified atom stereocenters. The van der Waals surface area contributed by atoms with Crippen LogP contribution in [-0.4, -0.2) is 26.1 Å². The first kappa shape index (κ1) is 15.2. The Morgan fingerprint density at radius 3 is 2.78 bits per heavy atom. The van der Waals surface area contributed by atoms with Gasteiger partial charge in [-0.15, -0.1) is 10.2 Å². The topological polar surface area (TPSA) is 83.6 Å². The Balaban J connectivity index is 1.57. The zero-order valence-electron chi connectivity index (χ0n) is 12.2. The summed E-state index contributed by atoms with van der Waals surface area (Å²) >= 11 is 5.92. The van der Waals surface area contributed by atoms with Gasteiger partial charge in [-0.05, 0) is 36.2 Å². The van der Waals surface area contributed by atoms with Crippen molar-refractivity contribution in [3.05, 3.63) is 59.4 Å². The summed E-state index contributed by atoms with van der Waals surface area (Å²) in [5.74, 6) is 0.771. The quantitative estimate of drug-likeness (QED) is 0.754. The van der Waals surface area contributed by atoms with E-state index in [4.69, 9.17) is 11.6 Å². The van der Waals surface area contributed by atoms with Crippen molar-refractivity contribution >= 4 is 23.5 Å². The number of aryl methyl sites for hydroxylation is 1. The maximum atomic E-state index is 12.0. The molecule has 0 saturated heterocycles. The first-order valence-electron chi connectivity index (χ1n) is 7.08. The van der Waals surface area contributed by atoms with Gasteiger partial charge in [0.15, 0.2) is 5.82 Å². The second-order valence-corrected chi connectivity index (χ2v) is 5.37. The van der Waals surface area contributed by atoms with E-state index in [1.807, 2.05) is 30.3 Å². The number of halogens is 1. The molecule has 0 atom stereocenters. The van der Waals surface area contributed by atoms with Crippen molar-refractivity contribution in [3.8, 4) is 11.4 Å². The fraction of sp³-hybridized carbons (Fsp3) is 0.125. The van der Waals surface area contributed by atoms with Crippen LogP contribution in [0.5, 0.6) is 0 Å². The van der Waals surface area contributed by atoms with Gasteiger partial charge in [0.05, 0.1) is 0 Å².